The fourth-order valence-electron chi connectivity index (χ4n) is 10.9. The molecular formula is C75H84N4O9. The van der Waals surface area contributed by atoms with E-state index in [9.17, 15) is 9.59 Å². The molecule has 10 rings (SSSR count). The zero-order valence-electron chi connectivity index (χ0n) is 50.7. The molecule has 0 radical (unpaired) electrons. The number of carbonyl (C=O) groups excluding carboxylic acids is 2. The summed E-state index contributed by atoms with van der Waals surface area (Å²) in [7, 11) is 3.25. The fraction of sp³-hybridized carbons (Fsp3) is 0.307. The van der Waals surface area contributed by atoms with Crippen LogP contribution in [0, 0.1) is 0 Å². The van der Waals surface area contributed by atoms with Crippen molar-refractivity contribution in [2.75, 3.05) is 66.6 Å². The molecule has 2 atom stereocenters. The standard InChI is InChI=1S/C39H42N2O4.C36H42N2O5/c1-43-38-27-30(21-22-37(38)44-29-31-14-5-2-6-15-31)13-11-12-20-36(42)35(40)28-41-25-23-34(24-26-41)45-39(32-16-7-3-8-17-32)33-18-9-4-10-19-33;1-40-33-27-28(18-19-32(33)43-35-17-10-26-41-35)11-8-9-16-34(39)37-22-25-38-23-20-31(21-24-38)42-36(29-12-4-2-5-13-29)30-14-6-3-7-15-30/h2-22,27,34-35,39H,23-26,28-29,40H2,1H3;2-9,11-16,18-19,27,31,35-36H,10,17,20-26H2,1H3,(H,37,39). The molecule has 0 saturated carbocycles. The second-order valence-electron chi connectivity index (χ2n) is 22.1. The van der Waals surface area contributed by atoms with Gasteiger partial charge in [0.05, 0.1) is 39.1 Å². The molecule has 0 spiro atoms. The molecule has 7 aromatic rings. The molecule has 0 aliphatic carbocycles. The number of hydrogen-bond acceptors (Lipinski definition) is 12. The number of amides is 1. The van der Waals surface area contributed by atoms with Gasteiger partial charge in [-0.15, -0.1) is 0 Å². The third-order valence-electron chi connectivity index (χ3n) is 15.7. The number of rotatable bonds is 27. The van der Waals surface area contributed by atoms with Crippen molar-refractivity contribution in [1.82, 2.24) is 15.1 Å². The number of hydrogen-bond donors (Lipinski definition) is 2. The summed E-state index contributed by atoms with van der Waals surface area (Å²) >= 11 is 0. The number of carbonyl (C=O) groups is 2. The quantitative estimate of drug-likeness (QED) is 0.0374. The Hall–Kier alpha value is -8.40. The van der Waals surface area contributed by atoms with E-state index in [0.717, 1.165) is 106 Å². The van der Waals surface area contributed by atoms with Crippen molar-refractivity contribution >= 4 is 23.8 Å². The summed E-state index contributed by atoms with van der Waals surface area (Å²) in [5.74, 6) is 2.46. The van der Waals surface area contributed by atoms with Gasteiger partial charge in [-0.25, -0.2) is 0 Å². The van der Waals surface area contributed by atoms with Gasteiger partial charge in [-0.2, -0.15) is 0 Å². The highest BCUT2D eigenvalue weighted by Gasteiger charge is 2.28. The highest BCUT2D eigenvalue weighted by molar-refractivity contribution is 5.94. The summed E-state index contributed by atoms with van der Waals surface area (Å²) in [6.07, 6.45) is 19.7. The van der Waals surface area contributed by atoms with Crippen LogP contribution in [0.1, 0.15) is 89.7 Å². The van der Waals surface area contributed by atoms with Crippen LogP contribution in [0.3, 0.4) is 0 Å². The minimum atomic E-state index is -0.574. The maximum atomic E-state index is 12.8. The number of nitrogens with two attached hydrogens (primary N) is 1. The third-order valence-corrected chi connectivity index (χ3v) is 15.7. The molecule has 13 nitrogen and oxygen atoms in total. The molecule has 1 amide bonds. The zero-order valence-corrected chi connectivity index (χ0v) is 50.7. The summed E-state index contributed by atoms with van der Waals surface area (Å²) < 4.78 is 41.7. The van der Waals surface area contributed by atoms with Crippen LogP contribution < -0.4 is 30.0 Å². The molecule has 13 heteroatoms. The van der Waals surface area contributed by atoms with E-state index in [1.807, 2.05) is 115 Å². The molecular weight excluding hydrogens is 1100 g/mol. The predicted molar refractivity (Wildman–Crippen MR) is 349 cm³/mol. The summed E-state index contributed by atoms with van der Waals surface area (Å²) in [6.45, 7) is 6.76. The van der Waals surface area contributed by atoms with Gasteiger partial charge in [0.15, 0.2) is 35.1 Å². The first-order valence-electron chi connectivity index (χ1n) is 30.8. The van der Waals surface area contributed by atoms with Crippen LogP contribution in [0.5, 0.6) is 23.0 Å². The lowest BCUT2D eigenvalue weighted by molar-refractivity contribution is -0.117. The molecule has 3 N–H and O–H groups in total. The smallest absolute Gasteiger partial charge is 0.244 e. The number of methoxy groups -OCH3 is 2. The maximum absolute atomic E-state index is 12.8. The predicted octanol–water partition coefficient (Wildman–Crippen LogP) is 13.2. The normalized spacial score (nSPS) is 16.5. The third kappa shape index (κ3) is 20.3. The van der Waals surface area contributed by atoms with Crippen molar-refractivity contribution in [2.24, 2.45) is 5.73 Å². The molecule has 3 saturated heterocycles. The van der Waals surface area contributed by atoms with Crippen LogP contribution in [0.25, 0.3) is 12.2 Å². The number of allylic oxidation sites excluding steroid dienone is 4. The van der Waals surface area contributed by atoms with Crippen LogP contribution in [-0.4, -0.2) is 113 Å². The second-order valence-corrected chi connectivity index (χ2v) is 22.1. The largest absolute Gasteiger partial charge is 0.493 e. The Balaban J connectivity index is 0.000000210. The van der Waals surface area contributed by atoms with Crippen LogP contribution >= 0.6 is 0 Å². The lowest BCUT2D eigenvalue weighted by Crippen LogP contribution is -2.46. The van der Waals surface area contributed by atoms with Gasteiger partial charge in [-0.05, 0) is 101 Å². The zero-order chi connectivity index (χ0) is 61.0. The molecule has 0 aromatic heterocycles. The number of benzene rings is 7. The molecule has 2 unspecified atom stereocenters. The Labute approximate surface area is 520 Å². The van der Waals surface area contributed by atoms with Gasteiger partial charge >= 0.3 is 0 Å². The highest BCUT2D eigenvalue weighted by atomic mass is 16.7. The number of nitrogens with zero attached hydrogens (tertiary/aromatic N) is 2. The average molecular weight is 1190 g/mol. The van der Waals surface area contributed by atoms with Crippen LogP contribution in [0.4, 0.5) is 0 Å². The Morgan fingerprint density at radius 2 is 1.02 bits per heavy atom. The van der Waals surface area contributed by atoms with Gasteiger partial charge in [-0.3, -0.25) is 9.59 Å². The van der Waals surface area contributed by atoms with Crippen molar-refractivity contribution in [1.29, 1.82) is 0 Å². The van der Waals surface area contributed by atoms with Crippen LogP contribution in [0.15, 0.2) is 225 Å². The Morgan fingerprint density at radius 3 is 1.51 bits per heavy atom. The number of likely N-dealkylation sites (tertiary alicyclic amines) is 2. The Morgan fingerprint density at radius 1 is 0.557 bits per heavy atom. The van der Waals surface area contributed by atoms with E-state index < -0.39 is 6.04 Å². The van der Waals surface area contributed by atoms with E-state index in [2.05, 4.69) is 112 Å². The first kappa shape index (κ1) is 64.1. The van der Waals surface area contributed by atoms with Crippen molar-refractivity contribution in [3.63, 3.8) is 0 Å². The van der Waals surface area contributed by atoms with E-state index in [0.29, 0.717) is 42.7 Å². The topological polar surface area (TPSA) is 143 Å². The van der Waals surface area contributed by atoms with E-state index in [4.69, 9.17) is 38.9 Å². The van der Waals surface area contributed by atoms with Crippen molar-refractivity contribution in [3.8, 4) is 23.0 Å². The first-order valence-corrected chi connectivity index (χ1v) is 30.8. The lowest BCUT2D eigenvalue weighted by Gasteiger charge is -2.35. The molecule has 3 heterocycles. The first-order chi connectivity index (χ1) is 43.3. The summed E-state index contributed by atoms with van der Waals surface area (Å²) in [4.78, 5) is 29.7. The summed E-state index contributed by atoms with van der Waals surface area (Å²) in [5, 5.41) is 2.99. The van der Waals surface area contributed by atoms with E-state index in [-0.39, 0.29) is 42.4 Å². The monoisotopic (exact) mass is 1180 g/mol. The molecule has 3 aliphatic rings. The molecule has 88 heavy (non-hydrogen) atoms. The van der Waals surface area contributed by atoms with Gasteiger partial charge in [0.25, 0.3) is 0 Å². The van der Waals surface area contributed by atoms with Crippen LogP contribution in [0.2, 0.25) is 0 Å². The summed E-state index contributed by atoms with van der Waals surface area (Å²) in [5.41, 5.74) is 14.0. The van der Waals surface area contributed by atoms with Gasteiger partial charge in [0.1, 0.15) is 18.8 Å². The number of ether oxygens (including phenoxy) is 7. The van der Waals surface area contributed by atoms with Gasteiger partial charge in [-0.1, -0.05) is 200 Å². The van der Waals surface area contributed by atoms with Crippen LogP contribution in [-0.2, 0) is 30.4 Å². The lowest BCUT2D eigenvalue weighted by atomic mass is 10.00. The van der Waals surface area contributed by atoms with Crippen molar-refractivity contribution in [2.45, 2.75) is 81.9 Å². The van der Waals surface area contributed by atoms with Crippen molar-refractivity contribution in [3.05, 3.63) is 263 Å². The highest BCUT2D eigenvalue weighted by Crippen LogP contribution is 2.34. The maximum Gasteiger partial charge on any atom is 0.244 e. The molecule has 458 valence electrons. The van der Waals surface area contributed by atoms with Crippen molar-refractivity contribution < 1.29 is 42.7 Å². The number of nitrogens with one attached hydrogen (secondary N) is 1. The minimum absolute atomic E-state index is 0.0637. The van der Waals surface area contributed by atoms with E-state index in [1.165, 1.54) is 11.1 Å². The minimum Gasteiger partial charge on any atom is -0.493 e. The number of piperidine rings is 2. The molecule has 0 bridgehead atoms. The average Bonchev–Trinajstić information content (AvgIpc) is 4.25. The van der Waals surface area contributed by atoms with E-state index >= 15 is 0 Å². The molecule has 3 fully saturated rings. The molecule has 3 aliphatic heterocycles. The second kappa shape index (κ2) is 34.8. The Kier molecular flexibility index (Phi) is 25.4. The Bertz CT molecular complexity index is 3230. The van der Waals surface area contributed by atoms with E-state index in [1.54, 1.807) is 38.5 Å². The fourth-order valence-corrected chi connectivity index (χ4v) is 10.9. The molecule has 7 aromatic carbocycles. The van der Waals surface area contributed by atoms with Gasteiger partial charge in [0, 0.05) is 58.3 Å². The number of ketones is 1. The van der Waals surface area contributed by atoms with Gasteiger partial charge < -0.3 is 54.0 Å². The van der Waals surface area contributed by atoms with Gasteiger partial charge in [0.2, 0.25) is 5.91 Å². The summed E-state index contributed by atoms with van der Waals surface area (Å²) in [6, 6.07) is 62.6. The SMILES string of the molecule is COc1cc(C=CC=CC(=O)C(N)CN2CCC(OC(c3ccccc3)c3ccccc3)CC2)ccc1OCc1ccccc1.COc1cc(C=CC=CC(=O)NCCN2CCC(OC(c3ccccc3)c3ccccc3)CC2)ccc1OC1CCCO1.